The molecule has 15 heteroatoms. The Hall–Kier alpha value is -4.63. The Morgan fingerprint density at radius 1 is 1.12 bits per heavy atom. The third-order valence-electron chi connectivity index (χ3n) is 9.08. The fourth-order valence-electron chi connectivity index (χ4n) is 6.98. The van der Waals surface area contributed by atoms with Gasteiger partial charge in [-0.1, -0.05) is 20.8 Å². The van der Waals surface area contributed by atoms with Crippen molar-refractivity contribution in [1.29, 1.82) is 0 Å². The zero-order valence-corrected chi connectivity index (χ0v) is 28.3. The van der Waals surface area contributed by atoms with E-state index in [0.29, 0.717) is 17.7 Å². The Labute approximate surface area is 278 Å². The van der Waals surface area contributed by atoms with E-state index in [-0.39, 0.29) is 55.3 Å². The Kier molecular flexibility index (Phi) is 10.2. The monoisotopic (exact) mass is 671 g/mol. The number of benzene rings is 1. The minimum atomic E-state index is -2.77. The zero-order chi connectivity index (χ0) is 36.0. The van der Waals surface area contributed by atoms with Crippen molar-refractivity contribution in [3.05, 3.63) is 34.1 Å². The van der Waals surface area contributed by atoms with Crippen molar-refractivity contribution in [3.63, 3.8) is 0 Å². The molecule has 0 bridgehead atoms. The molecule has 0 unspecified atom stereocenters. The number of ketones is 2. The number of nitrogens with two attached hydrogens (primary N) is 1. The van der Waals surface area contributed by atoms with Crippen molar-refractivity contribution in [2.75, 3.05) is 58.1 Å². The molecule has 0 heterocycles. The maximum Gasteiger partial charge on any atom is 0.410 e. The summed E-state index contributed by atoms with van der Waals surface area (Å²) >= 11 is 0. The number of hydrogen-bond acceptors (Lipinski definition) is 12. The van der Waals surface area contributed by atoms with Crippen LogP contribution < -0.4 is 16.0 Å². The molecule has 48 heavy (non-hydrogen) atoms. The maximum atomic E-state index is 14.2. The van der Waals surface area contributed by atoms with Crippen LogP contribution in [0.15, 0.2) is 23.0 Å². The molecule has 15 nitrogen and oxygen atoms in total. The van der Waals surface area contributed by atoms with Gasteiger partial charge in [-0.25, -0.2) is 4.79 Å². The lowest BCUT2D eigenvalue weighted by atomic mass is 9.57. The lowest BCUT2D eigenvalue weighted by Crippen LogP contribution is -2.65. The van der Waals surface area contributed by atoms with Crippen LogP contribution in [0.5, 0.6) is 5.75 Å². The van der Waals surface area contributed by atoms with Gasteiger partial charge in [0.15, 0.2) is 11.4 Å². The maximum absolute atomic E-state index is 14.2. The van der Waals surface area contributed by atoms with Crippen LogP contribution in [0.1, 0.15) is 44.7 Å². The van der Waals surface area contributed by atoms with Crippen molar-refractivity contribution < 1.29 is 49.1 Å². The highest BCUT2D eigenvalue weighted by atomic mass is 16.6. The molecule has 262 valence electrons. The van der Waals surface area contributed by atoms with E-state index in [4.69, 9.17) is 10.5 Å². The quantitative estimate of drug-likeness (QED) is 0.154. The molecule has 1 aromatic rings. The van der Waals surface area contributed by atoms with Crippen molar-refractivity contribution in [3.8, 4) is 5.75 Å². The summed E-state index contributed by atoms with van der Waals surface area (Å²) in [4.78, 5) is 69.9. The van der Waals surface area contributed by atoms with Gasteiger partial charge >= 0.3 is 6.09 Å². The summed E-state index contributed by atoms with van der Waals surface area (Å²) in [5, 5.41) is 48.6. The number of likely N-dealkylation sites (N-methyl/N-ethyl adjacent to an activating group) is 1. The second-order valence-corrected chi connectivity index (χ2v) is 13.4. The van der Waals surface area contributed by atoms with Crippen LogP contribution in [0.3, 0.4) is 0 Å². The molecule has 0 radical (unpaired) electrons. The van der Waals surface area contributed by atoms with Gasteiger partial charge < -0.3 is 41.1 Å². The average molecular weight is 672 g/mol. The number of carbonyl (C=O) groups is 5. The summed E-state index contributed by atoms with van der Waals surface area (Å²) in [7, 11) is 6.48. The van der Waals surface area contributed by atoms with Gasteiger partial charge in [-0.3, -0.25) is 29.0 Å². The Balaban J connectivity index is 1.80. The summed E-state index contributed by atoms with van der Waals surface area (Å²) in [5.74, 6) is -8.26. The van der Waals surface area contributed by atoms with E-state index >= 15 is 0 Å². The van der Waals surface area contributed by atoms with E-state index in [9.17, 15) is 44.4 Å². The van der Waals surface area contributed by atoms with E-state index in [1.807, 2.05) is 20.8 Å². The van der Waals surface area contributed by atoms with Crippen LogP contribution in [0.2, 0.25) is 0 Å². The number of nitrogens with one attached hydrogen (secondary N) is 1. The number of hydrogen-bond donors (Lipinski definition) is 6. The zero-order valence-electron chi connectivity index (χ0n) is 28.3. The molecular formula is C33H45N5O10. The highest BCUT2D eigenvalue weighted by Crippen LogP contribution is 2.54. The number of Topliss-reactive ketones (excluding diaryl/α,β-unsaturated/α-hetero) is 2. The van der Waals surface area contributed by atoms with Crippen LogP contribution in [0, 0.1) is 17.8 Å². The van der Waals surface area contributed by atoms with E-state index in [1.54, 1.807) is 19.0 Å². The van der Waals surface area contributed by atoms with Gasteiger partial charge in [0.25, 0.3) is 5.91 Å². The van der Waals surface area contributed by atoms with Crippen LogP contribution in [-0.4, -0.2) is 119 Å². The van der Waals surface area contributed by atoms with Gasteiger partial charge in [0.05, 0.1) is 23.9 Å². The summed E-state index contributed by atoms with van der Waals surface area (Å²) in [6, 6.07) is 0.309. The van der Waals surface area contributed by atoms with E-state index in [0.717, 1.165) is 0 Å². The Morgan fingerprint density at radius 2 is 1.77 bits per heavy atom. The third-order valence-corrected chi connectivity index (χ3v) is 9.08. The lowest BCUT2D eigenvalue weighted by Gasteiger charge is -2.50. The van der Waals surface area contributed by atoms with Gasteiger partial charge in [0.1, 0.15) is 29.4 Å². The molecule has 3 aliphatic rings. The number of anilines is 2. The summed E-state index contributed by atoms with van der Waals surface area (Å²) in [6.07, 6.45) is -0.0892. The molecule has 7 N–H and O–H groups in total. The first kappa shape index (κ1) is 36.2. The van der Waals surface area contributed by atoms with Gasteiger partial charge in [0.2, 0.25) is 11.7 Å². The fourth-order valence-corrected chi connectivity index (χ4v) is 6.98. The minimum absolute atomic E-state index is 0.0575. The lowest BCUT2D eigenvalue weighted by molar-refractivity contribution is -0.153. The second kappa shape index (κ2) is 13.5. The van der Waals surface area contributed by atoms with Gasteiger partial charge in [-0.15, -0.1) is 0 Å². The normalized spacial score (nSPS) is 23.5. The number of rotatable bonds is 10. The number of carbonyl (C=O) groups excluding carboxylic acids is 5. The fraction of sp³-hybridized carbons (Fsp3) is 0.545. The molecule has 0 aromatic heterocycles. The molecule has 4 rings (SSSR count). The topological polar surface area (TPSA) is 223 Å². The third kappa shape index (κ3) is 6.07. The highest BCUT2D eigenvalue weighted by Gasteiger charge is 2.64. The molecular weight excluding hydrogens is 626 g/mol. The smallest absolute Gasteiger partial charge is 0.410 e. The number of aliphatic hydroxyl groups is 3. The average Bonchev–Trinajstić information content (AvgIpc) is 2.98. The largest absolute Gasteiger partial charge is 0.508 e. The molecule has 0 saturated heterocycles. The number of fused-ring (bicyclic) bond motifs is 3. The number of phenolic OH excluding ortho intramolecular Hbond substituents is 1. The number of ether oxygens (including phenoxy) is 1. The Morgan fingerprint density at radius 3 is 2.31 bits per heavy atom. The van der Waals surface area contributed by atoms with Gasteiger partial charge in [0, 0.05) is 37.8 Å². The predicted molar refractivity (Wildman–Crippen MR) is 175 cm³/mol. The molecule has 1 fully saturated rings. The molecule has 1 saturated carbocycles. The van der Waals surface area contributed by atoms with Crippen LogP contribution in [0.25, 0.3) is 5.76 Å². The molecule has 4 atom stereocenters. The molecule has 0 aliphatic heterocycles. The standard InChI is InChI=1S/C33H45N5O10/c1-8-9-38(32(46)48-14-15(2)3)13-21(39)35-19-12-20(36(4)5)17-10-16-11-18-25(37(6)7)28(42)24(31(34)45)30(44)33(18,47)29(43)22(16)27(41)23(17)26(19)40/h12,15-16,18,25,40-41,44,47H,8-11,13-14H2,1-7H3,(H2,34,45)(H,35,39)/t16-,18-,25-,33-/m0/s1. The molecule has 0 spiro atoms. The molecule has 3 aliphatic carbocycles. The molecule has 3 amide bonds. The number of amides is 3. The van der Waals surface area contributed by atoms with Crippen molar-refractivity contribution in [1.82, 2.24) is 9.80 Å². The van der Waals surface area contributed by atoms with E-state index < -0.39 is 75.8 Å². The summed E-state index contributed by atoms with van der Waals surface area (Å²) < 4.78 is 5.28. The number of phenols is 1. The first-order valence-electron chi connectivity index (χ1n) is 15.8. The number of aliphatic hydroxyl groups excluding tert-OH is 2. The minimum Gasteiger partial charge on any atom is -0.508 e. The SMILES string of the molecule is CCCN(CC(=O)Nc1cc(N(C)C)c2c(c1O)C(O)=C1C(=O)[C@]3(O)C(O)=C(C(N)=O)C(=O)[C@@H](N(C)C)[C@@H]3C[C@@H]1C2)C(=O)OCC(C)C. The summed E-state index contributed by atoms with van der Waals surface area (Å²) in [6.45, 7) is 5.62. The predicted octanol–water partition coefficient (Wildman–Crippen LogP) is 1.47. The van der Waals surface area contributed by atoms with Gasteiger partial charge in [-0.2, -0.15) is 0 Å². The van der Waals surface area contributed by atoms with Crippen LogP contribution in [0.4, 0.5) is 16.2 Å². The van der Waals surface area contributed by atoms with Crippen molar-refractivity contribution >= 4 is 46.6 Å². The number of primary amides is 1. The first-order chi connectivity index (χ1) is 22.4. The van der Waals surface area contributed by atoms with Crippen molar-refractivity contribution in [2.24, 2.45) is 23.5 Å². The molecule has 1 aromatic carbocycles. The van der Waals surface area contributed by atoms with E-state index in [2.05, 4.69) is 5.32 Å². The second-order valence-electron chi connectivity index (χ2n) is 13.4. The van der Waals surface area contributed by atoms with E-state index in [1.165, 1.54) is 30.0 Å². The van der Waals surface area contributed by atoms with Crippen LogP contribution >= 0.6 is 0 Å². The number of aromatic hydroxyl groups is 1. The number of nitrogens with zero attached hydrogens (tertiary/aromatic N) is 3. The van der Waals surface area contributed by atoms with Gasteiger partial charge in [-0.05, 0) is 56.8 Å². The Bertz CT molecular complexity index is 1610. The summed E-state index contributed by atoms with van der Waals surface area (Å²) in [5.41, 5.74) is 2.04. The first-order valence-corrected chi connectivity index (χ1v) is 15.8. The highest BCUT2D eigenvalue weighted by molar-refractivity contribution is 6.24. The van der Waals surface area contributed by atoms with Crippen molar-refractivity contribution in [2.45, 2.75) is 51.7 Å². The van der Waals surface area contributed by atoms with Crippen LogP contribution in [-0.2, 0) is 30.3 Å².